The Morgan fingerprint density at radius 2 is 1.93 bits per heavy atom. The number of ether oxygens (including phenoxy) is 1. The largest absolute Gasteiger partial charge is 0.496 e. The van der Waals surface area contributed by atoms with Gasteiger partial charge in [-0.3, -0.25) is 9.69 Å². The minimum atomic E-state index is -0.0873. The van der Waals surface area contributed by atoms with Crippen LogP contribution in [-0.2, 0) is 4.79 Å². The van der Waals surface area contributed by atoms with Crippen molar-refractivity contribution in [1.82, 2.24) is 10.3 Å². The summed E-state index contributed by atoms with van der Waals surface area (Å²) in [7, 11) is 1.61. The predicted octanol–water partition coefficient (Wildman–Crippen LogP) is 3.12. The molecule has 0 atom stereocenters. The molecule has 1 heterocycles. The van der Waals surface area contributed by atoms with E-state index in [0.717, 1.165) is 42.8 Å². The maximum Gasteiger partial charge on any atom is 0.241 e. The van der Waals surface area contributed by atoms with Crippen molar-refractivity contribution in [1.29, 1.82) is 0 Å². The molecule has 7 heteroatoms. The van der Waals surface area contributed by atoms with E-state index in [1.165, 1.54) is 5.69 Å². The molecular formula is C21H25BrN4O2. The number of para-hydroxylation sites is 1. The number of nitrogens with one attached hydrogen (secondary N) is 1. The number of anilines is 1. The molecule has 1 N–H and O–H groups in total. The number of hydrogen-bond acceptors (Lipinski definition) is 5. The van der Waals surface area contributed by atoms with Crippen molar-refractivity contribution in [2.24, 2.45) is 5.10 Å². The number of piperazine rings is 1. The first-order valence-electron chi connectivity index (χ1n) is 9.33. The van der Waals surface area contributed by atoms with Crippen LogP contribution in [0.3, 0.4) is 0 Å². The fraction of sp³-hybridized carbons (Fsp3) is 0.333. The van der Waals surface area contributed by atoms with E-state index < -0.39 is 0 Å². The molecule has 2 aromatic rings. The molecule has 1 aliphatic rings. The molecule has 0 radical (unpaired) electrons. The molecule has 148 valence electrons. The van der Waals surface area contributed by atoms with Crippen molar-refractivity contribution in [3.63, 3.8) is 0 Å². The van der Waals surface area contributed by atoms with Crippen LogP contribution in [0, 0.1) is 0 Å². The normalized spacial score (nSPS) is 15.0. The van der Waals surface area contributed by atoms with Crippen LogP contribution in [0.4, 0.5) is 5.69 Å². The lowest BCUT2D eigenvalue weighted by Gasteiger charge is -2.36. The van der Waals surface area contributed by atoms with E-state index in [9.17, 15) is 4.79 Å². The molecule has 0 spiro atoms. The number of carbonyl (C=O) groups excluding carboxylic acids is 1. The van der Waals surface area contributed by atoms with Gasteiger partial charge in [-0.2, -0.15) is 5.10 Å². The Labute approximate surface area is 174 Å². The van der Waals surface area contributed by atoms with E-state index in [-0.39, 0.29) is 5.91 Å². The maximum atomic E-state index is 12.1. The number of hydrazone groups is 1. The molecule has 1 fully saturated rings. The van der Waals surface area contributed by atoms with Gasteiger partial charge in [0.05, 0.1) is 13.3 Å². The monoisotopic (exact) mass is 444 g/mol. The Morgan fingerprint density at radius 1 is 1.18 bits per heavy atom. The minimum Gasteiger partial charge on any atom is -0.496 e. The summed E-state index contributed by atoms with van der Waals surface area (Å²) in [4.78, 5) is 16.8. The molecule has 3 rings (SSSR count). The van der Waals surface area contributed by atoms with Gasteiger partial charge < -0.3 is 9.64 Å². The van der Waals surface area contributed by atoms with Crippen molar-refractivity contribution in [2.45, 2.75) is 6.42 Å². The quantitative estimate of drug-likeness (QED) is 0.526. The first-order chi connectivity index (χ1) is 13.7. The Balaban J connectivity index is 1.40. The van der Waals surface area contributed by atoms with Gasteiger partial charge in [-0.05, 0) is 30.3 Å². The van der Waals surface area contributed by atoms with Crippen molar-refractivity contribution in [3.8, 4) is 5.75 Å². The van der Waals surface area contributed by atoms with E-state index in [1.54, 1.807) is 13.3 Å². The second-order valence-corrected chi connectivity index (χ2v) is 7.51. The average Bonchev–Trinajstić information content (AvgIpc) is 2.73. The van der Waals surface area contributed by atoms with Crippen LogP contribution < -0.4 is 15.1 Å². The molecule has 0 unspecified atom stereocenters. The van der Waals surface area contributed by atoms with Crippen molar-refractivity contribution in [2.75, 3.05) is 44.7 Å². The standard InChI is InChI=1S/C21H25BrN4O2/c1-28-20-8-7-18(22)15-17(20)16-23-24-21(27)9-10-25-11-13-26(14-12-25)19-5-3-2-4-6-19/h2-8,15-16H,9-14H2,1H3,(H,24,27)/b23-16-. The van der Waals surface area contributed by atoms with Gasteiger partial charge in [0.15, 0.2) is 0 Å². The summed E-state index contributed by atoms with van der Waals surface area (Å²) >= 11 is 3.42. The molecule has 0 saturated carbocycles. The summed E-state index contributed by atoms with van der Waals surface area (Å²) in [5.41, 5.74) is 4.66. The number of rotatable bonds is 7. The summed E-state index contributed by atoms with van der Waals surface area (Å²) in [5.74, 6) is 0.619. The highest BCUT2D eigenvalue weighted by atomic mass is 79.9. The number of benzene rings is 2. The van der Waals surface area contributed by atoms with Gasteiger partial charge in [-0.15, -0.1) is 0 Å². The van der Waals surface area contributed by atoms with Gasteiger partial charge in [-0.25, -0.2) is 5.43 Å². The minimum absolute atomic E-state index is 0.0873. The van der Waals surface area contributed by atoms with E-state index in [0.29, 0.717) is 12.2 Å². The SMILES string of the molecule is COc1ccc(Br)cc1/C=N\NC(=O)CCN1CCN(c2ccccc2)CC1. The van der Waals surface area contributed by atoms with Crippen LogP contribution >= 0.6 is 15.9 Å². The molecule has 0 aromatic heterocycles. The van der Waals surface area contributed by atoms with E-state index in [4.69, 9.17) is 4.74 Å². The van der Waals surface area contributed by atoms with Gasteiger partial charge in [-0.1, -0.05) is 34.1 Å². The van der Waals surface area contributed by atoms with Gasteiger partial charge in [0.1, 0.15) is 5.75 Å². The fourth-order valence-corrected chi connectivity index (χ4v) is 3.54. The van der Waals surface area contributed by atoms with Gasteiger partial charge in [0.2, 0.25) is 5.91 Å². The first-order valence-corrected chi connectivity index (χ1v) is 10.1. The van der Waals surface area contributed by atoms with Crippen molar-refractivity contribution in [3.05, 3.63) is 58.6 Å². The fourth-order valence-electron chi connectivity index (χ4n) is 3.16. The zero-order valence-electron chi connectivity index (χ0n) is 16.0. The number of hydrogen-bond donors (Lipinski definition) is 1. The Kier molecular flexibility index (Phi) is 7.45. The van der Waals surface area contributed by atoms with Crippen LogP contribution in [0.1, 0.15) is 12.0 Å². The van der Waals surface area contributed by atoms with E-state index in [1.807, 2.05) is 24.3 Å². The van der Waals surface area contributed by atoms with Crippen LogP contribution in [0.5, 0.6) is 5.75 Å². The first kappa shape index (κ1) is 20.4. The zero-order chi connectivity index (χ0) is 19.8. The Bertz CT molecular complexity index is 805. The third-order valence-electron chi connectivity index (χ3n) is 4.73. The Morgan fingerprint density at radius 3 is 2.64 bits per heavy atom. The second kappa shape index (κ2) is 10.2. The molecule has 1 aliphatic heterocycles. The summed E-state index contributed by atoms with van der Waals surface area (Å²) in [5, 5.41) is 4.05. The van der Waals surface area contributed by atoms with E-state index >= 15 is 0 Å². The van der Waals surface area contributed by atoms with Crippen molar-refractivity contribution < 1.29 is 9.53 Å². The highest BCUT2D eigenvalue weighted by Gasteiger charge is 2.17. The lowest BCUT2D eigenvalue weighted by molar-refractivity contribution is -0.121. The highest BCUT2D eigenvalue weighted by Crippen LogP contribution is 2.21. The number of nitrogens with zero attached hydrogens (tertiary/aromatic N) is 3. The van der Waals surface area contributed by atoms with Gasteiger partial charge in [0, 0.05) is 54.9 Å². The maximum absolute atomic E-state index is 12.1. The summed E-state index contributed by atoms with van der Waals surface area (Å²) in [6.07, 6.45) is 2.03. The highest BCUT2D eigenvalue weighted by molar-refractivity contribution is 9.10. The van der Waals surface area contributed by atoms with Crippen LogP contribution in [0.15, 0.2) is 58.1 Å². The zero-order valence-corrected chi connectivity index (χ0v) is 17.6. The van der Waals surface area contributed by atoms with Crippen molar-refractivity contribution >= 4 is 33.7 Å². The number of methoxy groups -OCH3 is 1. The van der Waals surface area contributed by atoms with E-state index in [2.05, 4.69) is 60.5 Å². The lowest BCUT2D eigenvalue weighted by Crippen LogP contribution is -2.47. The molecule has 1 amide bonds. The molecule has 28 heavy (non-hydrogen) atoms. The Hall–Kier alpha value is -2.38. The third kappa shape index (κ3) is 5.81. The third-order valence-corrected chi connectivity index (χ3v) is 5.23. The number of amides is 1. The summed E-state index contributed by atoms with van der Waals surface area (Å²) in [6, 6.07) is 16.1. The van der Waals surface area contributed by atoms with Crippen LogP contribution in [0.25, 0.3) is 0 Å². The number of carbonyl (C=O) groups is 1. The summed E-state index contributed by atoms with van der Waals surface area (Å²) < 4.78 is 6.22. The number of halogens is 1. The molecule has 0 aliphatic carbocycles. The average molecular weight is 445 g/mol. The molecule has 6 nitrogen and oxygen atoms in total. The van der Waals surface area contributed by atoms with Gasteiger partial charge in [0.25, 0.3) is 0 Å². The topological polar surface area (TPSA) is 57.2 Å². The molecule has 1 saturated heterocycles. The van der Waals surface area contributed by atoms with Gasteiger partial charge >= 0.3 is 0 Å². The van der Waals surface area contributed by atoms with Crippen LogP contribution in [-0.4, -0.2) is 56.9 Å². The summed E-state index contributed by atoms with van der Waals surface area (Å²) in [6.45, 7) is 4.62. The molecule has 2 aromatic carbocycles. The predicted molar refractivity (Wildman–Crippen MR) is 116 cm³/mol. The van der Waals surface area contributed by atoms with Crippen LogP contribution in [0.2, 0.25) is 0 Å². The molecular weight excluding hydrogens is 420 g/mol. The second-order valence-electron chi connectivity index (χ2n) is 6.59. The lowest BCUT2D eigenvalue weighted by atomic mass is 10.2. The molecule has 0 bridgehead atoms. The smallest absolute Gasteiger partial charge is 0.241 e.